The van der Waals surface area contributed by atoms with Crippen LogP contribution in [0.3, 0.4) is 0 Å². The van der Waals surface area contributed by atoms with E-state index >= 15 is 0 Å². The van der Waals surface area contributed by atoms with Crippen LogP contribution in [-0.2, 0) is 5.41 Å². The fourth-order valence-electron chi connectivity index (χ4n) is 8.87. The van der Waals surface area contributed by atoms with E-state index in [1.807, 2.05) is 0 Å². The van der Waals surface area contributed by atoms with E-state index in [-0.39, 0.29) is 5.41 Å². The maximum atomic E-state index is 2.48. The minimum absolute atomic E-state index is 0.190. The van der Waals surface area contributed by atoms with Crippen LogP contribution < -0.4 is 4.90 Å². The highest BCUT2D eigenvalue weighted by atomic mass is 15.1. The van der Waals surface area contributed by atoms with Gasteiger partial charge in [0.15, 0.2) is 0 Å². The van der Waals surface area contributed by atoms with E-state index < -0.39 is 0 Å². The van der Waals surface area contributed by atoms with Crippen molar-refractivity contribution in [1.82, 2.24) is 0 Å². The molecule has 0 aromatic heterocycles. The van der Waals surface area contributed by atoms with E-state index in [0.717, 1.165) is 17.1 Å². The van der Waals surface area contributed by atoms with Gasteiger partial charge in [0.05, 0.1) is 5.69 Å². The van der Waals surface area contributed by atoms with Gasteiger partial charge in [-0.15, -0.1) is 0 Å². The second-order valence-electron chi connectivity index (χ2n) is 15.3. The summed E-state index contributed by atoms with van der Waals surface area (Å²) < 4.78 is 0. The first-order valence-corrected chi connectivity index (χ1v) is 19.5. The first-order valence-electron chi connectivity index (χ1n) is 19.5. The average Bonchev–Trinajstić information content (AvgIpc) is 3.50. The molecule has 1 aliphatic carbocycles. The van der Waals surface area contributed by atoms with Crippen molar-refractivity contribution in [2.24, 2.45) is 0 Å². The number of nitrogens with zero attached hydrogens (tertiary/aromatic N) is 1. The first kappa shape index (κ1) is 33.6. The Balaban J connectivity index is 1.20. The van der Waals surface area contributed by atoms with Crippen LogP contribution in [0.1, 0.15) is 25.0 Å². The van der Waals surface area contributed by atoms with Crippen molar-refractivity contribution in [1.29, 1.82) is 0 Å². The topological polar surface area (TPSA) is 3.24 Å². The van der Waals surface area contributed by atoms with Gasteiger partial charge in [-0.25, -0.2) is 0 Å². The van der Waals surface area contributed by atoms with E-state index in [1.54, 1.807) is 0 Å². The molecule has 0 radical (unpaired) electrons. The summed E-state index contributed by atoms with van der Waals surface area (Å²) >= 11 is 0. The van der Waals surface area contributed by atoms with Crippen LogP contribution in [-0.4, -0.2) is 0 Å². The van der Waals surface area contributed by atoms with Crippen LogP contribution in [0.25, 0.3) is 66.4 Å². The van der Waals surface area contributed by atoms with Gasteiger partial charge in [-0.05, 0) is 108 Å². The molecule has 0 spiro atoms. The van der Waals surface area contributed by atoms with Crippen molar-refractivity contribution in [3.05, 3.63) is 223 Å². The Bertz CT molecular complexity index is 2850. The lowest BCUT2D eigenvalue weighted by molar-refractivity contribution is 0.660. The van der Waals surface area contributed by atoms with Crippen molar-refractivity contribution in [2.45, 2.75) is 19.3 Å². The van der Waals surface area contributed by atoms with Crippen molar-refractivity contribution in [2.75, 3.05) is 4.90 Å². The fourth-order valence-corrected chi connectivity index (χ4v) is 8.87. The zero-order valence-electron chi connectivity index (χ0n) is 31.7. The minimum Gasteiger partial charge on any atom is -0.310 e. The molecule has 10 rings (SSSR count). The summed E-state index contributed by atoms with van der Waals surface area (Å²) in [7, 11) is 0. The molecule has 0 N–H and O–H groups in total. The molecule has 1 nitrogen and oxygen atoms in total. The van der Waals surface area contributed by atoms with Gasteiger partial charge in [0, 0.05) is 22.4 Å². The van der Waals surface area contributed by atoms with Crippen LogP contribution in [0, 0.1) is 0 Å². The lowest BCUT2D eigenvalue weighted by atomic mass is 9.81. The molecule has 0 unspecified atom stereocenters. The van der Waals surface area contributed by atoms with Gasteiger partial charge >= 0.3 is 0 Å². The highest BCUT2D eigenvalue weighted by Crippen LogP contribution is 2.54. The molecule has 0 amide bonds. The lowest BCUT2D eigenvalue weighted by Crippen LogP contribution is -2.17. The molecule has 1 heteroatoms. The standard InChI is InChI=1S/C55H41N/c1-55(2)50-27-15-26-48(41-20-10-5-11-21-41)54(50)49-34-33-46(37-51(49)55)56(45-31-28-40(29-32-45)38-16-6-3-7-17-38)52-35-30-42-22-12-13-25-47(42)53(52)44-24-14-23-43(36-44)39-18-8-4-9-19-39/h3-37H,1-2H3. The van der Waals surface area contributed by atoms with Crippen molar-refractivity contribution >= 4 is 27.8 Å². The molecule has 1 aliphatic rings. The molecule has 0 aliphatic heterocycles. The highest BCUT2D eigenvalue weighted by Gasteiger charge is 2.37. The smallest absolute Gasteiger partial charge is 0.0546 e. The lowest BCUT2D eigenvalue weighted by Gasteiger charge is -2.30. The molecule has 0 atom stereocenters. The number of rotatable bonds is 7. The molecule has 0 saturated heterocycles. The summed E-state index contributed by atoms with van der Waals surface area (Å²) in [5.41, 5.74) is 18.3. The van der Waals surface area contributed by atoms with Crippen LogP contribution in [0.4, 0.5) is 17.1 Å². The second kappa shape index (κ2) is 13.7. The van der Waals surface area contributed by atoms with E-state index in [1.165, 1.54) is 77.5 Å². The first-order chi connectivity index (χ1) is 27.5. The second-order valence-corrected chi connectivity index (χ2v) is 15.3. The van der Waals surface area contributed by atoms with Crippen molar-refractivity contribution in [3.63, 3.8) is 0 Å². The molecule has 9 aromatic carbocycles. The molecule has 266 valence electrons. The SMILES string of the molecule is CC1(C)c2cc(N(c3ccc(-c4ccccc4)cc3)c3ccc4ccccc4c3-c3cccc(-c4ccccc4)c3)ccc2-c2c(-c3ccccc3)cccc21. The predicted molar refractivity (Wildman–Crippen MR) is 238 cm³/mol. The third-order valence-electron chi connectivity index (χ3n) is 11.7. The van der Waals surface area contributed by atoms with Crippen molar-refractivity contribution < 1.29 is 0 Å². The number of hydrogen-bond acceptors (Lipinski definition) is 1. The summed E-state index contributed by atoms with van der Waals surface area (Å²) in [5, 5.41) is 2.44. The third kappa shape index (κ3) is 5.72. The van der Waals surface area contributed by atoms with E-state index in [2.05, 4.69) is 231 Å². The Morgan fingerprint density at radius 1 is 0.339 bits per heavy atom. The molecule has 0 bridgehead atoms. The molecule has 0 heterocycles. The monoisotopic (exact) mass is 715 g/mol. The van der Waals surface area contributed by atoms with Crippen LogP contribution in [0.2, 0.25) is 0 Å². The quantitative estimate of drug-likeness (QED) is 0.159. The Morgan fingerprint density at radius 2 is 0.911 bits per heavy atom. The third-order valence-corrected chi connectivity index (χ3v) is 11.7. The summed E-state index contributed by atoms with van der Waals surface area (Å²) in [5.74, 6) is 0. The zero-order valence-corrected chi connectivity index (χ0v) is 31.7. The van der Waals surface area contributed by atoms with Gasteiger partial charge in [-0.3, -0.25) is 0 Å². The normalized spacial score (nSPS) is 12.6. The molecule has 0 saturated carbocycles. The van der Waals surface area contributed by atoms with Gasteiger partial charge in [0.1, 0.15) is 0 Å². The van der Waals surface area contributed by atoms with Gasteiger partial charge < -0.3 is 4.90 Å². The maximum Gasteiger partial charge on any atom is 0.0546 e. The Hall–Kier alpha value is -6.96. The summed E-state index contributed by atoms with van der Waals surface area (Å²) in [4.78, 5) is 2.48. The van der Waals surface area contributed by atoms with Gasteiger partial charge in [-0.1, -0.05) is 190 Å². The highest BCUT2D eigenvalue weighted by molar-refractivity contribution is 6.06. The fraction of sp³-hybridized carbons (Fsp3) is 0.0545. The van der Waals surface area contributed by atoms with E-state index in [9.17, 15) is 0 Å². The predicted octanol–water partition coefficient (Wildman–Crippen LogP) is 15.3. The minimum atomic E-state index is -0.190. The summed E-state index contributed by atoms with van der Waals surface area (Å²) in [6.45, 7) is 4.76. The molecule has 0 fully saturated rings. The Morgan fingerprint density at radius 3 is 1.64 bits per heavy atom. The van der Waals surface area contributed by atoms with Crippen LogP contribution in [0.15, 0.2) is 212 Å². The van der Waals surface area contributed by atoms with E-state index in [0.29, 0.717) is 0 Å². The van der Waals surface area contributed by atoms with Crippen LogP contribution >= 0.6 is 0 Å². The number of fused-ring (bicyclic) bond motifs is 4. The molecule has 9 aromatic rings. The van der Waals surface area contributed by atoms with Crippen molar-refractivity contribution in [3.8, 4) is 55.6 Å². The zero-order chi connectivity index (χ0) is 37.6. The number of benzene rings is 9. The number of anilines is 3. The molecular formula is C55H41N. The van der Waals surface area contributed by atoms with Gasteiger partial charge in [-0.2, -0.15) is 0 Å². The van der Waals surface area contributed by atoms with E-state index in [4.69, 9.17) is 0 Å². The van der Waals surface area contributed by atoms with Gasteiger partial charge in [0.25, 0.3) is 0 Å². The molecule has 56 heavy (non-hydrogen) atoms. The number of hydrogen-bond donors (Lipinski definition) is 0. The largest absolute Gasteiger partial charge is 0.310 e. The Kier molecular flexibility index (Phi) is 8.23. The Labute approximate surface area is 329 Å². The van der Waals surface area contributed by atoms with Gasteiger partial charge in [0.2, 0.25) is 0 Å². The summed E-state index contributed by atoms with van der Waals surface area (Å²) in [6.07, 6.45) is 0. The average molecular weight is 716 g/mol. The maximum absolute atomic E-state index is 2.48. The summed E-state index contributed by atoms with van der Waals surface area (Å²) in [6, 6.07) is 77.6. The van der Waals surface area contributed by atoms with Crippen LogP contribution in [0.5, 0.6) is 0 Å². The molecular weight excluding hydrogens is 675 g/mol.